The maximum atomic E-state index is 13.3. The van der Waals surface area contributed by atoms with Crippen molar-refractivity contribution in [1.82, 2.24) is 14.8 Å². The minimum atomic E-state index is -3.67. The fourth-order valence-electron chi connectivity index (χ4n) is 3.62. The number of hydrogen-bond acceptors (Lipinski definition) is 4. The predicted octanol–water partition coefficient (Wildman–Crippen LogP) is 3.91. The van der Waals surface area contributed by atoms with Crippen molar-refractivity contribution in [2.75, 3.05) is 0 Å². The Balaban J connectivity index is 1.79. The van der Waals surface area contributed by atoms with Gasteiger partial charge in [0.25, 0.3) is 0 Å². The summed E-state index contributed by atoms with van der Waals surface area (Å²) < 4.78 is 28.1. The third-order valence-corrected chi connectivity index (χ3v) is 7.36. The lowest BCUT2D eigenvalue weighted by molar-refractivity contribution is 0.563. The number of rotatable bonds is 3. The molecule has 0 amide bonds. The molecule has 3 aromatic rings. The van der Waals surface area contributed by atoms with Crippen LogP contribution in [0.15, 0.2) is 47.6 Å². The molecule has 1 atom stereocenters. The number of aryl methyl sites for hydroxylation is 1. The number of halogens is 1. The number of fused-ring (bicyclic) bond motifs is 1. The van der Waals surface area contributed by atoms with Crippen LogP contribution in [0.5, 0.6) is 0 Å². The van der Waals surface area contributed by atoms with Gasteiger partial charge in [0.05, 0.1) is 5.25 Å². The average molecular weight is 388 g/mol. The molecule has 5 nitrogen and oxygen atoms in total. The van der Waals surface area contributed by atoms with Crippen molar-refractivity contribution < 1.29 is 8.42 Å². The summed E-state index contributed by atoms with van der Waals surface area (Å²) in [5.74, 6) is 0.539. The molecular weight excluding hydrogens is 370 g/mol. The van der Waals surface area contributed by atoms with Crippen LogP contribution in [-0.2, 0) is 23.3 Å². The van der Waals surface area contributed by atoms with Crippen molar-refractivity contribution in [3.63, 3.8) is 0 Å². The van der Waals surface area contributed by atoms with Gasteiger partial charge in [0.1, 0.15) is 0 Å². The van der Waals surface area contributed by atoms with Gasteiger partial charge in [0.2, 0.25) is 15.0 Å². The van der Waals surface area contributed by atoms with E-state index in [1.54, 1.807) is 23.7 Å². The summed E-state index contributed by atoms with van der Waals surface area (Å²) in [7, 11) is -1.97. The van der Waals surface area contributed by atoms with Crippen molar-refractivity contribution in [3.05, 3.63) is 64.2 Å². The van der Waals surface area contributed by atoms with Gasteiger partial charge < -0.3 is 4.57 Å². The lowest BCUT2D eigenvalue weighted by Crippen LogP contribution is -2.16. The van der Waals surface area contributed by atoms with Crippen LogP contribution in [0.1, 0.15) is 28.4 Å². The lowest BCUT2D eigenvalue weighted by Gasteiger charge is -2.13. The van der Waals surface area contributed by atoms with Crippen LogP contribution < -0.4 is 0 Å². The Kier molecular flexibility index (Phi) is 4.12. The molecule has 0 bridgehead atoms. The zero-order chi connectivity index (χ0) is 18.5. The molecule has 7 heteroatoms. The summed E-state index contributed by atoms with van der Waals surface area (Å²) in [4.78, 5) is 0. The molecular formula is C19H18ClN3O2S. The molecule has 26 heavy (non-hydrogen) atoms. The maximum Gasteiger partial charge on any atom is 0.250 e. The minimum Gasteiger partial charge on any atom is -0.301 e. The summed E-state index contributed by atoms with van der Waals surface area (Å²) in [6.07, 6.45) is 1.16. The Hall–Kier alpha value is -2.18. The van der Waals surface area contributed by atoms with Crippen LogP contribution in [-0.4, -0.2) is 23.2 Å². The first-order chi connectivity index (χ1) is 12.4. The topological polar surface area (TPSA) is 64.8 Å². The third kappa shape index (κ3) is 2.64. The smallest absolute Gasteiger partial charge is 0.250 e. The fraction of sp³-hybridized carbons (Fsp3) is 0.263. The van der Waals surface area contributed by atoms with Crippen molar-refractivity contribution in [2.24, 2.45) is 7.05 Å². The summed E-state index contributed by atoms with van der Waals surface area (Å²) in [6.45, 7) is 1.98. The van der Waals surface area contributed by atoms with Crippen molar-refractivity contribution >= 4 is 21.4 Å². The second-order valence-corrected chi connectivity index (χ2v) is 9.05. The van der Waals surface area contributed by atoms with Crippen LogP contribution in [0, 0.1) is 6.92 Å². The summed E-state index contributed by atoms with van der Waals surface area (Å²) in [5.41, 5.74) is 3.62. The van der Waals surface area contributed by atoms with Gasteiger partial charge >= 0.3 is 0 Å². The molecule has 0 fully saturated rings. The highest BCUT2D eigenvalue weighted by Crippen LogP contribution is 2.42. The molecule has 2 aromatic carbocycles. The molecule has 0 N–H and O–H groups in total. The molecule has 1 aliphatic rings. The number of nitrogens with zero attached hydrogens (tertiary/aromatic N) is 3. The SMILES string of the molecule is Cc1cccc(-c2nnc(S(=O)(=O)C3CCc4c(Cl)cccc43)n2C)c1. The molecule has 0 aliphatic heterocycles. The largest absolute Gasteiger partial charge is 0.301 e. The van der Waals surface area contributed by atoms with Crippen LogP contribution in [0.4, 0.5) is 0 Å². The minimum absolute atomic E-state index is 0.00756. The zero-order valence-corrected chi connectivity index (χ0v) is 16.0. The summed E-state index contributed by atoms with van der Waals surface area (Å²) in [5, 5.41) is 8.15. The molecule has 1 aliphatic carbocycles. The summed E-state index contributed by atoms with van der Waals surface area (Å²) in [6, 6.07) is 13.2. The van der Waals surface area contributed by atoms with Crippen LogP contribution in [0.25, 0.3) is 11.4 Å². The Morgan fingerprint density at radius 2 is 1.92 bits per heavy atom. The highest BCUT2D eigenvalue weighted by atomic mass is 35.5. The molecule has 1 unspecified atom stereocenters. The molecule has 0 spiro atoms. The van der Waals surface area contributed by atoms with Gasteiger partial charge in [-0.15, -0.1) is 10.2 Å². The third-order valence-electron chi connectivity index (χ3n) is 4.90. The zero-order valence-electron chi connectivity index (χ0n) is 14.5. The Morgan fingerprint density at radius 1 is 1.15 bits per heavy atom. The van der Waals surface area contributed by atoms with E-state index in [4.69, 9.17) is 11.6 Å². The van der Waals surface area contributed by atoms with E-state index < -0.39 is 15.1 Å². The van der Waals surface area contributed by atoms with E-state index in [0.29, 0.717) is 23.7 Å². The Labute approximate surface area is 157 Å². The standard InChI is InChI=1S/C19H18ClN3O2S/c1-12-5-3-6-13(11-12)18-21-22-19(23(18)2)26(24,25)17-10-9-14-15(17)7-4-8-16(14)20/h3-8,11,17H,9-10H2,1-2H3. The highest BCUT2D eigenvalue weighted by Gasteiger charge is 2.38. The van der Waals surface area contributed by atoms with Gasteiger partial charge in [0.15, 0.2) is 5.82 Å². The number of sulfone groups is 1. The van der Waals surface area contributed by atoms with Crippen molar-refractivity contribution in [3.8, 4) is 11.4 Å². The van der Waals surface area contributed by atoms with E-state index in [-0.39, 0.29) is 5.16 Å². The van der Waals surface area contributed by atoms with Gasteiger partial charge in [-0.25, -0.2) is 8.42 Å². The summed E-state index contributed by atoms with van der Waals surface area (Å²) >= 11 is 6.23. The van der Waals surface area contributed by atoms with Crippen LogP contribution in [0.3, 0.4) is 0 Å². The lowest BCUT2D eigenvalue weighted by atomic mass is 10.1. The van der Waals surface area contributed by atoms with Gasteiger partial charge in [-0.2, -0.15) is 0 Å². The van der Waals surface area contributed by atoms with Crippen LogP contribution >= 0.6 is 11.6 Å². The first-order valence-electron chi connectivity index (χ1n) is 8.37. The van der Waals surface area contributed by atoms with E-state index in [1.165, 1.54) is 0 Å². The molecule has 1 aromatic heterocycles. The Bertz CT molecular complexity index is 1110. The van der Waals surface area contributed by atoms with E-state index in [9.17, 15) is 8.42 Å². The van der Waals surface area contributed by atoms with Gasteiger partial charge in [-0.3, -0.25) is 0 Å². The first kappa shape index (κ1) is 17.2. The van der Waals surface area contributed by atoms with Gasteiger partial charge in [-0.1, -0.05) is 47.5 Å². The molecule has 134 valence electrons. The van der Waals surface area contributed by atoms with Gasteiger partial charge in [0, 0.05) is 17.6 Å². The van der Waals surface area contributed by atoms with Crippen molar-refractivity contribution in [2.45, 2.75) is 30.2 Å². The average Bonchev–Trinajstić information content (AvgIpc) is 3.20. The van der Waals surface area contributed by atoms with Crippen molar-refractivity contribution in [1.29, 1.82) is 0 Å². The van der Waals surface area contributed by atoms with E-state index >= 15 is 0 Å². The number of benzene rings is 2. The first-order valence-corrected chi connectivity index (χ1v) is 10.3. The highest BCUT2D eigenvalue weighted by molar-refractivity contribution is 7.91. The molecule has 0 saturated carbocycles. The monoisotopic (exact) mass is 387 g/mol. The molecule has 4 rings (SSSR count). The maximum absolute atomic E-state index is 13.3. The second kappa shape index (κ2) is 6.21. The fourth-order valence-corrected chi connectivity index (χ4v) is 5.76. The van der Waals surface area contributed by atoms with E-state index in [1.807, 2.05) is 37.3 Å². The van der Waals surface area contributed by atoms with E-state index in [0.717, 1.165) is 22.3 Å². The van der Waals surface area contributed by atoms with E-state index in [2.05, 4.69) is 10.2 Å². The van der Waals surface area contributed by atoms with Gasteiger partial charge in [-0.05, 0) is 43.0 Å². The molecule has 0 saturated heterocycles. The second-order valence-electron chi connectivity index (χ2n) is 6.61. The normalized spacial score (nSPS) is 16.7. The molecule has 1 heterocycles. The molecule has 0 radical (unpaired) electrons. The quantitative estimate of drug-likeness (QED) is 0.683. The number of hydrogen-bond donors (Lipinski definition) is 0. The number of aromatic nitrogens is 3. The van der Waals surface area contributed by atoms with Crippen LogP contribution in [0.2, 0.25) is 5.02 Å². The predicted molar refractivity (Wildman–Crippen MR) is 101 cm³/mol. The Morgan fingerprint density at radius 3 is 2.69 bits per heavy atom.